The normalized spacial score (nSPS) is 11.8. The quantitative estimate of drug-likeness (QED) is 0.576. The van der Waals surface area contributed by atoms with E-state index in [0.717, 1.165) is 20.6 Å². The van der Waals surface area contributed by atoms with Gasteiger partial charge in [-0.25, -0.2) is 4.39 Å². The lowest BCUT2D eigenvalue weighted by atomic mass is 10.1. The average Bonchev–Trinajstić information content (AvgIpc) is 2.90. The van der Waals surface area contributed by atoms with Crippen LogP contribution in [0, 0.1) is 12.7 Å². The van der Waals surface area contributed by atoms with Crippen LogP contribution in [0.25, 0.3) is 11.3 Å². The number of rotatable bonds is 3. The van der Waals surface area contributed by atoms with E-state index in [2.05, 4.69) is 20.9 Å². The molecular formula is C19H16BrFN2OS. The summed E-state index contributed by atoms with van der Waals surface area (Å²) in [4.78, 5) is 18.5. The lowest BCUT2D eigenvalue weighted by Crippen LogP contribution is -2.17. The van der Waals surface area contributed by atoms with E-state index in [1.54, 1.807) is 24.3 Å². The van der Waals surface area contributed by atoms with E-state index in [4.69, 9.17) is 0 Å². The second-order valence-corrected chi connectivity index (χ2v) is 7.57. The van der Waals surface area contributed by atoms with Crippen LogP contribution >= 0.6 is 27.3 Å². The Labute approximate surface area is 157 Å². The zero-order chi connectivity index (χ0) is 18.0. The van der Waals surface area contributed by atoms with Crippen molar-refractivity contribution in [2.75, 3.05) is 0 Å². The molecule has 0 fully saturated rings. The molecule has 0 bridgehead atoms. The fourth-order valence-corrected chi connectivity index (χ4v) is 4.10. The topological polar surface area (TPSA) is 34.4 Å². The number of hydrogen-bond donors (Lipinski definition) is 0. The van der Waals surface area contributed by atoms with E-state index >= 15 is 0 Å². The lowest BCUT2D eigenvalue weighted by Gasteiger charge is -2.07. The van der Waals surface area contributed by atoms with Gasteiger partial charge in [-0.05, 0) is 61.9 Å². The van der Waals surface area contributed by atoms with E-state index in [9.17, 15) is 9.18 Å². The number of nitrogens with zero attached hydrogens (tertiary/aromatic N) is 2. The second-order valence-electron chi connectivity index (χ2n) is 5.47. The first kappa shape index (κ1) is 17.8. The number of halogens is 2. The molecule has 0 unspecified atom stereocenters. The number of hydrogen-bond acceptors (Lipinski definition) is 2. The number of aryl methyl sites for hydroxylation is 1. The molecule has 1 heterocycles. The molecule has 3 aromatic rings. The molecule has 1 aromatic heterocycles. The Bertz CT molecular complexity index is 989. The monoisotopic (exact) mass is 418 g/mol. The number of benzene rings is 2. The van der Waals surface area contributed by atoms with Gasteiger partial charge in [0, 0.05) is 21.5 Å². The summed E-state index contributed by atoms with van der Waals surface area (Å²) >= 11 is 4.83. The summed E-state index contributed by atoms with van der Waals surface area (Å²) in [5, 5.41) is 0. The first-order chi connectivity index (χ1) is 12.0. The van der Waals surface area contributed by atoms with Crippen LogP contribution < -0.4 is 4.80 Å². The SMILES string of the molecule is CCn1c(-c2ccc(F)cc2)c(C)sc1=NC(=O)c1cccc(Br)c1. The van der Waals surface area contributed by atoms with Gasteiger partial charge in [0.2, 0.25) is 0 Å². The maximum atomic E-state index is 13.2. The van der Waals surface area contributed by atoms with Gasteiger partial charge >= 0.3 is 0 Å². The van der Waals surface area contributed by atoms with Crippen molar-refractivity contribution < 1.29 is 9.18 Å². The van der Waals surface area contributed by atoms with Gasteiger partial charge in [0.1, 0.15) is 5.82 Å². The Kier molecular flexibility index (Phi) is 5.30. The van der Waals surface area contributed by atoms with Crippen molar-refractivity contribution in [1.82, 2.24) is 4.57 Å². The molecule has 0 aliphatic rings. The zero-order valence-electron chi connectivity index (χ0n) is 13.8. The van der Waals surface area contributed by atoms with Gasteiger partial charge in [-0.15, -0.1) is 11.3 Å². The predicted octanol–water partition coefficient (Wildman–Crippen LogP) is 5.19. The van der Waals surface area contributed by atoms with Crippen LogP contribution in [0.5, 0.6) is 0 Å². The minimum atomic E-state index is -0.282. The van der Waals surface area contributed by atoms with Gasteiger partial charge in [-0.1, -0.05) is 22.0 Å². The Balaban J connectivity index is 2.10. The highest BCUT2D eigenvalue weighted by molar-refractivity contribution is 9.10. The summed E-state index contributed by atoms with van der Waals surface area (Å²) < 4.78 is 16.0. The Morgan fingerprint density at radius 1 is 1.24 bits per heavy atom. The minimum absolute atomic E-state index is 0.269. The fraction of sp³-hybridized carbons (Fsp3) is 0.158. The van der Waals surface area contributed by atoms with E-state index in [-0.39, 0.29) is 11.7 Å². The maximum Gasteiger partial charge on any atom is 0.279 e. The molecule has 3 nitrogen and oxygen atoms in total. The Morgan fingerprint density at radius 3 is 2.60 bits per heavy atom. The molecule has 2 aromatic carbocycles. The van der Waals surface area contributed by atoms with E-state index in [1.165, 1.54) is 23.5 Å². The first-order valence-corrected chi connectivity index (χ1v) is 9.41. The molecule has 0 N–H and O–H groups in total. The van der Waals surface area contributed by atoms with Crippen LogP contribution in [0.3, 0.4) is 0 Å². The van der Waals surface area contributed by atoms with Gasteiger partial charge in [0.15, 0.2) is 4.80 Å². The molecular weight excluding hydrogens is 403 g/mol. The first-order valence-electron chi connectivity index (χ1n) is 7.80. The molecule has 3 rings (SSSR count). The smallest absolute Gasteiger partial charge is 0.279 e. The standard InChI is InChI=1S/C19H16BrFN2OS/c1-3-23-17(13-7-9-16(21)10-8-13)12(2)25-19(23)22-18(24)14-5-4-6-15(20)11-14/h4-11H,3H2,1-2H3. The molecule has 0 saturated heterocycles. The van der Waals surface area contributed by atoms with Gasteiger partial charge in [0.05, 0.1) is 5.69 Å². The van der Waals surface area contributed by atoms with Crippen LogP contribution in [-0.2, 0) is 6.54 Å². The van der Waals surface area contributed by atoms with Crippen molar-refractivity contribution in [3.05, 3.63) is 74.1 Å². The molecule has 1 amide bonds. The highest BCUT2D eigenvalue weighted by atomic mass is 79.9. The van der Waals surface area contributed by atoms with Crippen LogP contribution in [0.15, 0.2) is 58.0 Å². The van der Waals surface area contributed by atoms with Gasteiger partial charge < -0.3 is 4.57 Å². The maximum absolute atomic E-state index is 13.2. The third-order valence-corrected chi connectivity index (χ3v) is 5.27. The molecule has 25 heavy (non-hydrogen) atoms. The zero-order valence-corrected chi connectivity index (χ0v) is 16.2. The van der Waals surface area contributed by atoms with E-state index in [0.29, 0.717) is 16.9 Å². The van der Waals surface area contributed by atoms with E-state index in [1.807, 2.05) is 30.5 Å². The summed E-state index contributed by atoms with van der Waals surface area (Å²) in [6.07, 6.45) is 0. The Morgan fingerprint density at radius 2 is 1.96 bits per heavy atom. The van der Waals surface area contributed by atoms with Crippen LogP contribution in [0.1, 0.15) is 22.2 Å². The van der Waals surface area contributed by atoms with Crippen molar-refractivity contribution in [1.29, 1.82) is 0 Å². The summed E-state index contributed by atoms with van der Waals surface area (Å²) in [5.74, 6) is -0.551. The molecule has 6 heteroatoms. The van der Waals surface area contributed by atoms with Crippen LogP contribution in [0.2, 0.25) is 0 Å². The van der Waals surface area contributed by atoms with Crippen molar-refractivity contribution in [2.45, 2.75) is 20.4 Å². The second kappa shape index (κ2) is 7.45. The Hall–Kier alpha value is -2.05. The third kappa shape index (κ3) is 3.80. The molecule has 0 spiro atoms. The van der Waals surface area contributed by atoms with Gasteiger partial charge in [-0.3, -0.25) is 4.79 Å². The highest BCUT2D eigenvalue weighted by Crippen LogP contribution is 2.25. The number of aromatic nitrogens is 1. The highest BCUT2D eigenvalue weighted by Gasteiger charge is 2.13. The summed E-state index contributed by atoms with van der Waals surface area (Å²) in [6.45, 7) is 4.65. The molecule has 0 saturated carbocycles. The summed E-state index contributed by atoms with van der Waals surface area (Å²) in [6, 6.07) is 13.5. The summed E-state index contributed by atoms with van der Waals surface area (Å²) in [5.41, 5.74) is 2.41. The van der Waals surface area contributed by atoms with Crippen LogP contribution in [0.4, 0.5) is 4.39 Å². The lowest BCUT2D eigenvalue weighted by molar-refractivity contribution is 0.0997. The molecule has 0 radical (unpaired) electrons. The number of carbonyl (C=O) groups excluding carboxylic acids is 1. The predicted molar refractivity (Wildman–Crippen MR) is 102 cm³/mol. The summed E-state index contributed by atoms with van der Waals surface area (Å²) in [7, 11) is 0. The molecule has 128 valence electrons. The van der Waals surface area contributed by atoms with Crippen molar-refractivity contribution in [3.63, 3.8) is 0 Å². The van der Waals surface area contributed by atoms with Crippen molar-refractivity contribution in [2.24, 2.45) is 4.99 Å². The minimum Gasteiger partial charge on any atom is -0.316 e. The fourth-order valence-electron chi connectivity index (χ4n) is 2.64. The molecule has 0 aliphatic heterocycles. The number of amides is 1. The van der Waals surface area contributed by atoms with Crippen LogP contribution in [-0.4, -0.2) is 10.5 Å². The van der Waals surface area contributed by atoms with Gasteiger partial charge in [0.25, 0.3) is 5.91 Å². The van der Waals surface area contributed by atoms with Crippen molar-refractivity contribution in [3.8, 4) is 11.3 Å². The molecule has 0 atom stereocenters. The average molecular weight is 419 g/mol. The van der Waals surface area contributed by atoms with Crippen molar-refractivity contribution >= 4 is 33.2 Å². The largest absolute Gasteiger partial charge is 0.316 e. The van der Waals surface area contributed by atoms with E-state index < -0.39 is 0 Å². The number of carbonyl (C=O) groups is 1. The third-order valence-electron chi connectivity index (χ3n) is 3.78. The number of thiazole rings is 1. The molecule has 0 aliphatic carbocycles. The van der Waals surface area contributed by atoms with Gasteiger partial charge in [-0.2, -0.15) is 4.99 Å².